The highest BCUT2D eigenvalue weighted by Gasteiger charge is 2.17. The predicted octanol–water partition coefficient (Wildman–Crippen LogP) is 4.29. The second kappa shape index (κ2) is 8.19. The van der Waals surface area contributed by atoms with E-state index in [0.717, 1.165) is 24.8 Å². The zero-order chi connectivity index (χ0) is 19.4. The van der Waals surface area contributed by atoms with Crippen LogP contribution in [0.5, 0.6) is 5.75 Å². The van der Waals surface area contributed by atoms with Gasteiger partial charge in [0.1, 0.15) is 5.75 Å². The second-order valence-electron chi connectivity index (χ2n) is 6.57. The van der Waals surface area contributed by atoms with Gasteiger partial charge in [0.25, 0.3) is 5.91 Å². The normalized spacial score (nSPS) is 14.7. The predicted molar refractivity (Wildman–Crippen MR) is 107 cm³/mol. The van der Waals surface area contributed by atoms with E-state index in [1.54, 1.807) is 12.1 Å². The van der Waals surface area contributed by atoms with E-state index >= 15 is 0 Å². The summed E-state index contributed by atoms with van der Waals surface area (Å²) >= 11 is 6.09. The molecule has 3 rings (SSSR count). The summed E-state index contributed by atoms with van der Waals surface area (Å²) in [6.07, 6.45) is 5.87. The minimum Gasteiger partial charge on any atom is -0.490 e. The van der Waals surface area contributed by atoms with Crippen LogP contribution in [0.3, 0.4) is 0 Å². The van der Waals surface area contributed by atoms with Gasteiger partial charge < -0.3 is 10.1 Å². The maximum Gasteiger partial charge on any atom is 0.257 e. The highest BCUT2D eigenvalue weighted by atomic mass is 35.5. The third-order valence-corrected chi connectivity index (χ3v) is 5.17. The van der Waals surface area contributed by atoms with Crippen molar-refractivity contribution in [1.82, 2.24) is 0 Å². The Morgan fingerprint density at radius 1 is 1.07 bits per heavy atom. The Balaban J connectivity index is 1.68. The van der Waals surface area contributed by atoms with Crippen molar-refractivity contribution in [2.75, 3.05) is 16.3 Å². The average molecular weight is 409 g/mol. The molecule has 0 spiro atoms. The fourth-order valence-electron chi connectivity index (χ4n) is 2.99. The molecule has 1 amide bonds. The minimum atomic E-state index is -3.44. The zero-order valence-electron chi connectivity index (χ0n) is 14.9. The third-order valence-electron chi connectivity index (χ3n) is 4.23. The van der Waals surface area contributed by atoms with Crippen molar-refractivity contribution in [1.29, 1.82) is 0 Å². The molecule has 8 heteroatoms. The molecular weight excluding hydrogens is 388 g/mol. The zero-order valence-corrected chi connectivity index (χ0v) is 16.4. The van der Waals surface area contributed by atoms with Gasteiger partial charge in [-0.2, -0.15) is 0 Å². The first kappa shape index (κ1) is 19.5. The molecule has 1 aliphatic rings. The number of benzene rings is 2. The molecule has 0 saturated heterocycles. The van der Waals surface area contributed by atoms with Crippen LogP contribution in [0.4, 0.5) is 11.4 Å². The number of hydrogen-bond acceptors (Lipinski definition) is 4. The van der Waals surface area contributed by atoms with Gasteiger partial charge in [-0.1, -0.05) is 11.6 Å². The van der Waals surface area contributed by atoms with Crippen LogP contribution >= 0.6 is 11.6 Å². The molecule has 6 nitrogen and oxygen atoms in total. The summed E-state index contributed by atoms with van der Waals surface area (Å²) < 4.78 is 30.9. The summed E-state index contributed by atoms with van der Waals surface area (Å²) in [5, 5.41) is 2.98. The molecule has 1 aliphatic carbocycles. The van der Waals surface area contributed by atoms with Crippen molar-refractivity contribution in [2.45, 2.75) is 31.8 Å². The van der Waals surface area contributed by atoms with Gasteiger partial charge in [-0.25, -0.2) is 8.42 Å². The largest absolute Gasteiger partial charge is 0.490 e. The molecule has 0 bridgehead atoms. The fraction of sp³-hybridized carbons (Fsp3) is 0.316. The Kier molecular flexibility index (Phi) is 5.92. The van der Waals surface area contributed by atoms with Crippen molar-refractivity contribution in [3.8, 4) is 5.75 Å². The SMILES string of the molecule is CS(=O)(=O)Nc1ccc(Cl)c(C(=O)Nc2ccc(OC3CCCC3)cc2)c1. The minimum absolute atomic E-state index is 0.177. The smallest absolute Gasteiger partial charge is 0.257 e. The molecular formula is C19H21ClN2O4S. The van der Waals surface area contributed by atoms with Gasteiger partial charge in [0.05, 0.1) is 22.9 Å². The van der Waals surface area contributed by atoms with Crippen molar-refractivity contribution >= 4 is 38.9 Å². The fourth-order valence-corrected chi connectivity index (χ4v) is 3.75. The number of halogens is 1. The molecule has 27 heavy (non-hydrogen) atoms. The lowest BCUT2D eigenvalue weighted by molar-refractivity contribution is 0.102. The van der Waals surface area contributed by atoms with Crippen LogP contribution in [0, 0.1) is 0 Å². The molecule has 0 aromatic heterocycles. The molecule has 1 saturated carbocycles. The van der Waals surface area contributed by atoms with E-state index in [1.807, 2.05) is 12.1 Å². The van der Waals surface area contributed by atoms with E-state index in [9.17, 15) is 13.2 Å². The molecule has 0 heterocycles. The standard InChI is InChI=1S/C19H21ClN2O4S/c1-27(24,25)22-14-8-11-18(20)17(12-14)19(23)21-13-6-9-16(10-7-13)26-15-4-2-3-5-15/h6-12,15,22H,2-5H2,1H3,(H,21,23). The quantitative estimate of drug-likeness (QED) is 0.746. The van der Waals surface area contributed by atoms with Crippen LogP contribution < -0.4 is 14.8 Å². The Morgan fingerprint density at radius 3 is 2.33 bits per heavy atom. The molecule has 0 atom stereocenters. The topological polar surface area (TPSA) is 84.5 Å². The average Bonchev–Trinajstić information content (AvgIpc) is 3.10. The van der Waals surface area contributed by atoms with Crippen LogP contribution in [-0.4, -0.2) is 26.7 Å². The third kappa shape index (κ3) is 5.61. The number of carbonyl (C=O) groups is 1. The summed E-state index contributed by atoms with van der Waals surface area (Å²) in [6, 6.07) is 11.5. The Morgan fingerprint density at radius 2 is 1.70 bits per heavy atom. The van der Waals surface area contributed by atoms with Gasteiger partial charge in [-0.3, -0.25) is 9.52 Å². The summed E-state index contributed by atoms with van der Waals surface area (Å²) in [5.41, 5.74) is 1.04. The number of carbonyl (C=O) groups excluding carboxylic acids is 1. The van der Waals surface area contributed by atoms with Crippen LogP contribution in [0.2, 0.25) is 5.02 Å². The van der Waals surface area contributed by atoms with E-state index in [-0.39, 0.29) is 22.4 Å². The number of sulfonamides is 1. The summed E-state index contributed by atoms with van der Waals surface area (Å²) in [6.45, 7) is 0. The first-order valence-electron chi connectivity index (χ1n) is 8.65. The summed E-state index contributed by atoms with van der Waals surface area (Å²) in [7, 11) is -3.44. The second-order valence-corrected chi connectivity index (χ2v) is 8.73. The van der Waals surface area contributed by atoms with E-state index in [4.69, 9.17) is 16.3 Å². The summed E-state index contributed by atoms with van der Waals surface area (Å²) in [4.78, 5) is 12.5. The Labute approximate surface area is 163 Å². The van der Waals surface area contributed by atoms with Crippen molar-refractivity contribution in [3.63, 3.8) is 0 Å². The monoisotopic (exact) mass is 408 g/mol. The number of anilines is 2. The number of ether oxygens (including phenoxy) is 1. The van der Waals surface area contributed by atoms with Crippen LogP contribution in [0.15, 0.2) is 42.5 Å². The molecule has 1 fully saturated rings. The first-order valence-corrected chi connectivity index (χ1v) is 10.9. The van der Waals surface area contributed by atoms with E-state index in [0.29, 0.717) is 5.69 Å². The van der Waals surface area contributed by atoms with E-state index in [1.165, 1.54) is 31.0 Å². The van der Waals surface area contributed by atoms with Crippen molar-refractivity contribution in [3.05, 3.63) is 53.1 Å². The highest BCUT2D eigenvalue weighted by molar-refractivity contribution is 7.92. The molecule has 2 aromatic carbocycles. The van der Waals surface area contributed by atoms with Gasteiger partial charge in [0.15, 0.2) is 0 Å². The molecule has 2 aromatic rings. The molecule has 2 N–H and O–H groups in total. The van der Waals surface area contributed by atoms with Crippen LogP contribution in [0.25, 0.3) is 0 Å². The van der Waals surface area contributed by atoms with E-state index < -0.39 is 15.9 Å². The van der Waals surface area contributed by atoms with Crippen LogP contribution in [-0.2, 0) is 10.0 Å². The lowest BCUT2D eigenvalue weighted by atomic mass is 10.2. The van der Waals surface area contributed by atoms with Crippen LogP contribution in [0.1, 0.15) is 36.0 Å². The van der Waals surface area contributed by atoms with E-state index in [2.05, 4.69) is 10.0 Å². The first-order chi connectivity index (χ1) is 12.8. The lowest BCUT2D eigenvalue weighted by Crippen LogP contribution is -2.14. The van der Waals surface area contributed by atoms with Gasteiger partial charge in [-0.05, 0) is 68.1 Å². The van der Waals surface area contributed by atoms with Crippen molar-refractivity contribution < 1.29 is 17.9 Å². The Hall–Kier alpha value is -2.25. The van der Waals surface area contributed by atoms with Gasteiger partial charge in [-0.15, -0.1) is 0 Å². The lowest BCUT2D eigenvalue weighted by Gasteiger charge is -2.14. The number of rotatable bonds is 6. The number of nitrogens with one attached hydrogen (secondary N) is 2. The van der Waals surface area contributed by atoms with Gasteiger partial charge >= 0.3 is 0 Å². The molecule has 0 radical (unpaired) electrons. The Bertz CT molecular complexity index is 923. The molecule has 0 unspecified atom stereocenters. The highest BCUT2D eigenvalue weighted by Crippen LogP contribution is 2.26. The molecule has 144 valence electrons. The number of amides is 1. The van der Waals surface area contributed by atoms with Crippen molar-refractivity contribution in [2.24, 2.45) is 0 Å². The maximum atomic E-state index is 12.5. The van der Waals surface area contributed by atoms with Gasteiger partial charge in [0, 0.05) is 11.4 Å². The number of hydrogen-bond donors (Lipinski definition) is 2. The summed E-state index contributed by atoms with van der Waals surface area (Å²) in [5.74, 6) is 0.346. The van der Waals surface area contributed by atoms with Gasteiger partial charge in [0.2, 0.25) is 10.0 Å². The maximum absolute atomic E-state index is 12.5. The molecule has 0 aliphatic heterocycles.